The Morgan fingerprint density at radius 3 is 2.92 bits per heavy atom. The number of rotatable bonds is 4. The van der Waals surface area contributed by atoms with E-state index >= 15 is 0 Å². The van der Waals surface area contributed by atoms with Crippen molar-refractivity contribution in [1.29, 1.82) is 0 Å². The minimum Gasteiger partial charge on any atom is -0.462 e. The molecular formula is C17H13N3O3S. The third-order valence-corrected chi connectivity index (χ3v) is 4.34. The lowest BCUT2D eigenvalue weighted by atomic mass is 10.2. The molecule has 2 heterocycles. The number of carbonyl (C=O) groups excluding carboxylic acids is 1. The first-order chi connectivity index (χ1) is 11.7. The van der Waals surface area contributed by atoms with Crippen molar-refractivity contribution in [2.24, 2.45) is 0 Å². The predicted octanol–water partition coefficient (Wildman–Crippen LogP) is 4.36. The fourth-order valence-electron chi connectivity index (χ4n) is 2.34. The van der Waals surface area contributed by atoms with E-state index in [0.717, 1.165) is 15.7 Å². The lowest BCUT2D eigenvalue weighted by molar-refractivity contribution is 0.0526. The summed E-state index contributed by atoms with van der Waals surface area (Å²) in [6.07, 6.45) is 0. The standard InChI is InChI=1S/C17H13N3O3S/c1-2-22-15(21)10-7-8-12-14(9-10)24-17(19-12)20-16-18-11-5-3-4-6-13(11)23-16/h3-9H,2H2,1H3,(H,18,19,20). The number of aromatic nitrogens is 2. The molecule has 0 atom stereocenters. The highest BCUT2D eigenvalue weighted by molar-refractivity contribution is 7.22. The molecule has 120 valence electrons. The van der Waals surface area contributed by atoms with E-state index in [1.807, 2.05) is 24.3 Å². The van der Waals surface area contributed by atoms with Crippen LogP contribution in [0.2, 0.25) is 0 Å². The summed E-state index contributed by atoms with van der Waals surface area (Å²) in [5.74, 6) is -0.332. The lowest BCUT2D eigenvalue weighted by Gasteiger charge is -2.00. The fraction of sp³-hybridized carbons (Fsp3) is 0.118. The number of hydrogen-bond acceptors (Lipinski definition) is 7. The van der Waals surface area contributed by atoms with Crippen molar-refractivity contribution in [3.05, 3.63) is 48.0 Å². The zero-order valence-corrected chi connectivity index (χ0v) is 13.6. The molecule has 0 amide bonds. The second-order valence-corrected chi connectivity index (χ2v) is 6.06. The van der Waals surface area contributed by atoms with Crippen molar-refractivity contribution in [3.63, 3.8) is 0 Å². The second kappa shape index (κ2) is 5.93. The average Bonchev–Trinajstić information content (AvgIpc) is 3.16. The molecule has 0 radical (unpaired) electrons. The van der Waals surface area contributed by atoms with Crippen LogP contribution in [0.1, 0.15) is 17.3 Å². The number of carbonyl (C=O) groups is 1. The first-order valence-corrected chi connectivity index (χ1v) is 8.25. The van der Waals surface area contributed by atoms with Crippen LogP contribution < -0.4 is 5.32 Å². The number of thiazole rings is 1. The van der Waals surface area contributed by atoms with Crippen LogP contribution in [0.25, 0.3) is 21.3 Å². The van der Waals surface area contributed by atoms with Crippen LogP contribution in [-0.4, -0.2) is 22.5 Å². The third-order valence-electron chi connectivity index (χ3n) is 3.41. The molecule has 4 aromatic rings. The highest BCUT2D eigenvalue weighted by Gasteiger charge is 2.12. The number of oxazole rings is 1. The Hall–Kier alpha value is -2.93. The summed E-state index contributed by atoms with van der Waals surface area (Å²) in [5.41, 5.74) is 2.81. The van der Waals surface area contributed by atoms with Gasteiger partial charge in [-0.05, 0) is 37.3 Å². The molecule has 1 N–H and O–H groups in total. The minimum absolute atomic E-state index is 0.332. The van der Waals surface area contributed by atoms with Gasteiger partial charge in [0.05, 0.1) is 22.4 Å². The van der Waals surface area contributed by atoms with Crippen LogP contribution >= 0.6 is 11.3 Å². The molecule has 0 saturated heterocycles. The number of nitrogens with one attached hydrogen (secondary N) is 1. The van der Waals surface area contributed by atoms with Gasteiger partial charge in [-0.15, -0.1) is 0 Å². The Morgan fingerprint density at radius 1 is 1.21 bits per heavy atom. The van der Waals surface area contributed by atoms with Gasteiger partial charge in [-0.25, -0.2) is 9.78 Å². The molecule has 0 unspecified atom stereocenters. The maximum absolute atomic E-state index is 11.8. The van der Waals surface area contributed by atoms with E-state index in [4.69, 9.17) is 9.15 Å². The molecule has 6 nitrogen and oxygen atoms in total. The van der Waals surface area contributed by atoms with Crippen LogP contribution in [0.3, 0.4) is 0 Å². The van der Waals surface area contributed by atoms with E-state index in [2.05, 4.69) is 15.3 Å². The molecule has 0 aliphatic carbocycles. The predicted molar refractivity (Wildman–Crippen MR) is 92.9 cm³/mol. The van der Waals surface area contributed by atoms with E-state index in [0.29, 0.717) is 28.9 Å². The maximum Gasteiger partial charge on any atom is 0.338 e. The highest BCUT2D eigenvalue weighted by Crippen LogP contribution is 2.30. The second-order valence-electron chi connectivity index (χ2n) is 5.03. The normalized spacial score (nSPS) is 11.0. The summed E-state index contributed by atoms with van der Waals surface area (Å²) in [6, 6.07) is 13.2. The molecule has 0 fully saturated rings. The van der Waals surface area contributed by atoms with Crippen molar-refractivity contribution < 1.29 is 13.9 Å². The molecule has 7 heteroatoms. The largest absolute Gasteiger partial charge is 0.462 e. The summed E-state index contributed by atoms with van der Waals surface area (Å²) in [6.45, 7) is 2.13. The smallest absolute Gasteiger partial charge is 0.338 e. The van der Waals surface area contributed by atoms with Crippen LogP contribution in [0.4, 0.5) is 11.1 Å². The topological polar surface area (TPSA) is 77.2 Å². The van der Waals surface area contributed by atoms with E-state index < -0.39 is 0 Å². The lowest BCUT2D eigenvalue weighted by Crippen LogP contribution is -2.03. The van der Waals surface area contributed by atoms with Crippen molar-refractivity contribution >= 4 is 49.8 Å². The van der Waals surface area contributed by atoms with Gasteiger partial charge in [0, 0.05) is 0 Å². The van der Waals surface area contributed by atoms with Gasteiger partial charge in [0.25, 0.3) is 0 Å². The molecule has 0 bridgehead atoms. The van der Waals surface area contributed by atoms with Crippen LogP contribution in [0.5, 0.6) is 0 Å². The molecule has 0 spiro atoms. The Bertz CT molecular complexity index is 1000. The van der Waals surface area contributed by atoms with Crippen LogP contribution in [-0.2, 0) is 4.74 Å². The van der Waals surface area contributed by atoms with Gasteiger partial charge in [-0.3, -0.25) is 5.32 Å². The average molecular weight is 339 g/mol. The highest BCUT2D eigenvalue weighted by atomic mass is 32.1. The number of benzene rings is 2. The van der Waals surface area contributed by atoms with Gasteiger partial charge in [0.2, 0.25) is 0 Å². The third kappa shape index (κ3) is 2.69. The zero-order chi connectivity index (χ0) is 16.5. The van der Waals surface area contributed by atoms with Crippen molar-refractivity contribution in [1.82, 2.24) is 9.97 Å². The molecule has 2 aromatic heterocycles. The van der Waals surface area contributed by atoms with Gasteiger partial charge < -0.3 is 9.15 Å². The van der Waals surface area contributed by atoms with E-state index in [1.165, 1.54) is 11.3 Å². The molecule has 4 rings (SSSR count). The number of ether oxygens (including phenoxy) is 1. The monoisotopic (exact) mass is 339 g/mol. The number of nitrogens with zero attached hydrogens (tertiary/aromatic N) is 2. The summed E-state index contributed by atoms with van der Waals surface area (Å²) in [4.78, 5) is 20.6. The van der Waals surface area contributed by atoms with Gasteiger partial charge in [-0.2, -0.15) is 4.98 Å². The first kappa shape index (κ1) is 14.6. The maximum atomic E-state index is 11.8. The first-order valence-electron chi connectivity index (χ1n) is 7.43. The van der Waals surface area contributed by atoms with Gasteiger partial charge >= 0.3 is 12.0 Å². The number of para-hydroxylation sites is 2. The zero-order valence-electron chi connectivity index (χ0n) is 12.8. The Kier molecular flexibility index (Phi) is 3.62. The molecule has 0 aliphatic heterocycles. The molecule has 24 heavy (non-hydrogen) atoms. The van der Waals surface area contributed by atoms with Gasteiger partial charge in [0.1, 0.15) is 5.52 Å². The molecule has 0 aliphatic rings. The Labute approximate surface area is 141 Å². The Balaban J connectivity index is 1.63. The van der Waals surface area contributed by atoms with Crippen molar-refractivity contribution in [2.75, 3.05) is 11.9 Å². The quantitative estimate of drug-likeness (QED) is 0.557. The number of hydrogen-bond donors (Lipinski definition) is 1. The number of anilines is 2. The van der Waals surface area contributed by atoms with Crippen LogP contribution in [0, 0.1) is 0 Å². The SMILES string of the molecule is CCOC(=O)c1ccc2nc(Nc3nc4ccccc4o3)sc2c1. The van der Waals surface area contributed by atoms with Crippen molar-refractivity contribution in [3.8, 4) is 0 Å². The van der Waals surface area contributed by atoms with E-state index in [1.54, 1.807) is 25.1 Å². The van der Waals surface area contributed by atoms with Crippen molar-refractivity contribution in [2.45, 2.75) is 6.92 Å². The summed E-state index contributed by atoms with van der Waals surface area (Å²) >= 11 is 1.42. The molecular weight excluding hydrogens is 326 g/mol. The molecule has 2 aromatic carbocycles. The van der Waals surface area contributed by atoms with Gasteiger partial charge in [0.15, 0.2) is 10.7 Å². The minimum atomic E-state index is -0.332. The van der Waals surface area contributed by atoms with Gasteiger partial charge in [-0.1, -0.05) is 23.5 Å². The van der Waals surface area contributed by atoms with Crippen LogP contribution in [0.15, 0.2) is 46.9 Å². The number of fused-ring (bicyclic) bond motifs is 2. The fourth-order valence-corrected chi connectivity index (χ4v) is 3.23. The molecule has 0 saturated carbocycles. The summed E-state index contributed by atoms with van der Waals surface area (Å²) < 4.78 is 11.5. The van der Waals surface area contributed by atoms with E-state index in [9.17, 15) is 4.79 Å². The summed E-state index contributed by atoms with van der Waals surface area (Å²) in [5, 5.41) is 3.72. The van der Waals surface area contributed by atoms with E-state index in [-0.39, 0.29) is 5.97 Å². The number of esters is 1. The Morgan fingerprint density at radius 2 is 2.08 bits per heavy atom. The summed E-state index contributed by atoms with van der Waals surface area (Å²) in [7, 11) is 0.